The summed E-state index contributed by atoms with van der Waals surface area (Å²) < 4.78 is 0. The van der Waals surface area contributed by atoms with Crippen molar-refractivity contribution in [3.8, 4) is 0 Å². The third-order valence-corrected chi connectivity index (χ3v) is 1.80. The average Bonchev–Trinajstić information content (AvgIpc) is 2.05. The molecule has 0 heteroatoms. The maximum absolute atomic E-state index is 3.69. The summed E-state index contributed by atoms with van der Waals surface area (Å²) in [5.41, 5.74) is 1.34. The summed E-state index contributed by atoms with van der Waals surface area (Å²) in [6, 6.07) is 8.33. The molecule has 12 heavy (non-hydrogen) atoms. The van der Waals surface area contributed by atoms with Crippen molar-refractivity contribution in [3.63, 3.8) is 0 Å². The van der Waals surface area contributed by atoms with Gasteiger partial charge in [0.1, 0.15) is 0 Å². The molecule has 0 aliphatic carbocycles. The highest BCUT2D eigenvalue weighted by atomic mass is 13.9. The SMILES string of the molecule is C=C/C=c1/ccccc1=C(C)C. The van der Waals surface area contributed by atoms with Crippen LogP contribution in [0, 0.1) is 0 Å². The van der Waals surface area contributed by atoms with Crippen molar-refractivity contribution >= 4 is 11.6 Å². The lowest BCUT2D eigenvalue weighted by Crippen LogP contribution is -2.24. The van der Waals surface area contributed by atoms with E-state index in [0.717, 1.165) is 0 Å². The van der Waals surface area contributed by atoms with Gasteiger partial charge in [-0.05, 0) is 24.3 Å². The Hall–Kier alpha value is -1.30. The summed E-state index contributed by atoms with van der Waals surface area (Å²) >= 11 is 0. The molecule has 0 nitrogen and oxygen atoms in total. The molecule has 0 aliphatic heterocycles. The van der Waals surface area contributed by atoms with Crippen molar-refractivity contribution < 1.29 is 0 Å². The molecule has 0 saturated carbocycles. The van der Waals surface area contributed by atoms with E-state index in [1.807, 2.05) is 18.2 Å². The third kappa shape index (κ3) is 1.85. The van der Waals surface area contributed by atoms with E-state index in [2.05, 4.69) is 38.6 Å². The zero-order valence-electron chi connectivity index (χ0n) is 7.67. The van der Waals surface area contributed by atoms with Gasteiger partial charge in [-0.3, -0.25) is 0 Å². The third-order valence-electron chi connectivity index (χ3n) is 1.80. The van der Waals surface area contributed by atoms with Gasteiger partial charge in [-0.2, -0.15) is 0 Å². The number of benzene rings is 1. The fourth-order valence-electron chi connectivity index (χ4n) is 1.22. The molecule has 0 heterocycles. The van der Waals surface area contributed by atoms with Crippen LogP contribution in [0.15, 0.2) is 36.9 Å². The molecular formula is C12H14. The van der Waals surface area contributed by atoms with Crippen LogP contribution in [0.2, 0.25) is 0 Å². The van der Waals surface area contributed by atoms with Gasteiger partial charge in [0.2, 0.25) is 0 Å². The van der Waals surface area contributed by atoms with Crippen LogP contribution in [0.25, 0.3) is 11.6 Å². The highest BCUT2D eigenvalue weighted by Gasteiger charge is 1.84. The molecule has 1 aromatic rings. The number of rotatable bonds is 1. The van der Waals surface area contributed by atoms with E-state index in [-0.39, 0.29) is 0 Å². The van der Waals surface area contributed by atoms with Crippen LogP contribution in [-0.2, 0) is 0 Å². The molecule has 0 N–H and O–H groups in total. The van der Waals surface area contributed by atoms with Crippen LogP contribution in [-0.4, -0.2) is 0 Å². The van der Waals surface area contributed by atoms with Crippen molar-refractivity contribution in [2.24, 2.45) is 0 Å². The minimum atomic E-state index is 1.24. The van der Waals surface area contributed by atoms with Crippen LogP contribution in [0.5, 0.6) is 0 Å². The highest BCUT2D eigenvalue weighted by molar-refractivity contribution is 5.44. The van der Waals surface area contributed by atoms with Crippen LogP contribution < -0.4 is 10.4 Å². The number of hydrogen-bond donors (Lipinski definition) is 0. The molecule has 1 aromatic carbocycles. The van der Waals surface area contributed by atoms with Gasteiger partial charge in [0, 0.05) is 0 Å². The zero-order chi connectivity index (χ0) is 8.97. The number of hydrogen-bond acceptors (Lipinski definition) is 0. The van der Waals surface area contributed by atoms with E-state index in [1.165, 1.54) is 16.0 Å². The highest BCUT2D eigenvalue weighted by Crippen LogP contribution is 1.83. The summed E-state index contributed by atoms with van der Waals surface area (Å²) in [5.74, 6) is 0. The quantitative estimate of drug-likeness (QED) is 0.585. The first-order chi connectivity index (χ1) is 5.75. The standard InChI is InChI=1S/C12H14/c1-4-7-11-8-5-6-9-12(11)10(2)3/h4-9H,1H2,2-3H3/b11-7-. The Morgan fingerprint density at radius 3 is 2.50 bits per heavy atom. The van der Waals surface area contributed by atoms with Gasteiger partial charge >= 0.3 is 0 Å². The summed E-state index contributed by atoms with van der Waals surface area (Å²) in [7, 11) is 0. The lowest BCUT2D eigenvalue weighted by atomic mass is 10.1. The number of allylic oxidation sites excluding steroid dienone is 1. The van der Waals surface area contributed by atoms with Crippen molar-refractivity contribution in [2.45, 2.75) is 13.8 Å². The lowest BCUT2D eigenvalue weighted by Gasteiger charge is -1.91. The van der Waals surface area contributed by atoms with Gasteiger partial charge in [-0.1, -0.05) is 48.6 Å². The Morgan fingerprint density at radius 1 is 1.25 bits per heavy atom. The maximum Gasteiger partial charge on any atom is -0.0185 e. The first kappa shape index (κ1) is 8.79. The van der Waals surface area contributed by atoms with Crippen molar-refractivity contribution in [3.05, 3.63) is 47.4 Å². The van der Waals surface area contributed by atoms with Crippen LogP contribution in [0.1, 0.15) is 13.8 Å². The fraction of sp³-hybridized carbons (Fsp3) is 0.167. The molecule has 0 atom stereocenters. The van der Waals surface area contributed by atoms with Crippen LogP contribution in [0.4, 0.5) is 0 Å². The first-order valence-corrected chi connectivity index (χ1v) is 4.11. The Balaban J connectivity index is 3.60. The van der Waals surface area contributed by atoms with Crippen molar-refractivity contribution in [2.75, 3.05) is 0 Å². The largest absolute Gasteiger partial charge is 0.0990 e. The van der Waals surface area contributed by atoms with Gasteiger partial charge in [0.25, 0.3) is 0 Å². The van der Waals surface area contributed by atoms with Crippen LogP contribution >= 0.6 is 0 Å². The second-order valence-electron chi connectivity index (χ2n) is 2.99. The van der Waals surface area contributed by atoms with Gasteiger partial charge in [-0.15, -0.1) is 0 Å². The zero-order valence-corrected chi connectivity index (χ0v) is 7.67. The van der Waals surface area contributed by atoms with Gasteiger partial charge in [0.15, 0.2) is 0 Å². The van der Waals surface area contributed by atoms with E-state index < -0.39 is 0 Å². The molecule has 62 valence electrons. The molecule has 0 aromatic heterocycles. The summed E-state index contributed by atoms with van der Waals surface area (Å²) in [5, 5.41) is 2.55. The van der Waals surface area contributed by atoms with Gasteiger partial charge in [0.05, 0.1) is 0 Å². The van der Waals surface area contributed by atoms with Crippen LogP contribution in [0.3, 0.4) is 0 Å². The predicted molar refractivity (Wildman–Crippen MR) is 55.1 cm³/mol. The van der Waals surface area contributed by atoms with E-state index in [4.69, 9.17) is 0 Å². The Labute approximate surface area is 73.6 Å². The van der Waals surface area contributed by atoms with E-state index in [0.29, 0.717) is 0 Å². The van der Waals surface area contributed by atoms with Crippen molar-refractivity contribution in [1.29, 1.82) is 0 Å². The fourth-order valence-corrected chi connectivity index (χ4v) is 1.22. The first-order valence-electron chi connectivity index (χ1n) is 4.11. The van der Waals surface area contributed by atoms with E-state index >= 15 is 0 Å². The molecule has 0 saturated heterocycles. The lowest BCUT2D eigenvalue weighted by molar-refractivity contribution is 1.44. The van der Waals surface area contributed by atoms with Gasteiger partial charge in [-0.25, -0.2) is 0 Å². The summed E-state index contributed by atoms with van der Waals surface area (Å²) in [6.45, 7) is 7.93. The topological polar surface area (TPSA) is 0 Å². The Bertz CT molecular complexity index is 379. The predicted octanol–water partition coefficient (Wildman–Crippen LogP) is 1.84. The van der Waals surface area contributed by atoms with E-state index in [1.54, 1.807) is 0 Å². The molecule has 0 unspecified atom stereocenters. The second-order valence-corrected chi connectivity index (χ2v) is 2.99. The van der Waals surface area contributed by atoms with Crippen molar-refractivity contribution in [1.82, 2.24) is 0 Å². The van der Waals surface area contributed by atoms with Gasteiger partial charge < -0.3 is 0 Å². The summed E-state index contributed by atoms with van der Waals surface area (Å²) in [4.78, 5) is 0. The second kappa shape index (κ2) is 3.91. The molecule has 1 rings (SSSR count). The minimum absolute atomic E-state index is 1.24. The normalized spacial score (nSPS) is 11.3. The molecule has 0 radical (unpaired) electrons. The van der Waals surface area contributed by atoms with E-state index in [9.17, 15) is 0 Å². The summed E-state index contributed by atoms with van der Waals surface area (Å²) in [6.07, 6.45) is 3.85. The molecule has 0 aliphatic rings. The Morgan fingerprint density at radius 2 is 1.92 bits per heavy atom. The molecule has 0 amide bonds. The monoisotopic (exact) mass is 158 g/mol. The molecule has 0 bridgehead atoms. The smallest absolute Gasteiger partial charge is 0.0185 e. The Kier molecular flexibility index (Phi) is 2.87. The maximum atomic E-state index is 3.69. The molecular weight excluding hydrogens is 144 g/mol. The molecule has 0 fully saturated rings. The average molecular weight is 158 g/mol. The minimum Gasteiger partial charge on any atom is -0.0990 e. The molecule has 0 spiro atoms.